The Bertz CT molecular complexity index is 765. The average Bonchev–Trinajstić information content (AvgIpc) is 2.61. The molecule has 2 nitrogen and oxygen atoms in total. The van der Waals surface area contributed by atoms with Gasteiger partial charge >= 0.3 is 0 Å². The van der Waals surface area contributed by atoms with Crippen LogP contribution in [0.15, 0.2) is 36.4 Å². The Morgan fingerprint density at radius 1 is 0.962 bits per heavy atom. The third-order valence-electron chi connectivity index (χ3n) is 6.51. The molecule has 4 unspecified atom stereocenters. The molecule has 140 valence electrons. The van der Waals surface area contributed by atoms with Gasteiger partial charge in [0.15, 0.2) is 0 Å². The van der Waals surface area contributed by atoms with Crippen molar-refractivity contribution < 1.29 is 10.2 Å². The maximum absolute atomic E-state index is 9.84. The van der Waals surface area contributed by atoms with Crippen LogP contribution in [0.1, 0.15) is 61.3 Å². The highest BCUT2D eigenvalue weighted by Crippen LogP contribution is 2.44. The van der Waals surface area contributed by atoms with Crippen molar-refractivity contribution in [2.24, 2.45) is 17.8 Å². The van der Waals surface area contributed by atoms with E-state index in [2.05, 4.69) is 38.1 Å². The van der Waals surface area contributed by atoms with Gasteiger partial charge in [0.1, 0.15) is 11.5 Å². The molecule has 0 spiro atoms. The van der Waals surface area contributed by atoms with Gasteiger partial charge in [0.2, 0.25) is 0 Å². The van der Waals surface area contributed by atoms with Crippen molar-refractivity contribution in [1.82, 2.24) is 0 Å². The Hall–Kier alpha value is -1.96. The van der Waals surface area contributed by atoms with Gasteiger partial charge < -0.3 is 10.2 Å². The Morgan fingerprint density at radius 2 is 1.62 bits per heavy atom. The maximum Gasteiger partial charge on any atom is 0.118 e. The van der Waals surface area contributed by atoms with E-state index in [0.29, 0.717) is 29.3 Å². The van der Waals surface area contributed by atoms with Crippen molar-refractivity contribution in [3.8, 4) is 11.5 Å². The number of hydrogen-bond donors (Lipinski definition) is 2. The van der Waals surface area contributed by atoms with Crippen molar-refractivity contribution in [2.75, 3.05) is 0 Å². The topological polar surface area (TPSA) is 40.5 Å². The van der Waals surface area contributed by atoms with E-state index >= 15 is 0 Å². The number of benzene rings is 2. The Kier molecular flexibility index (Phi) is 5.60. The predicted molar refractivity (Wildman–Crippen MR) is 108 cm³/mol. The van der Waals surface area contributed by atoms with Gasteiger partial charge in [-0.3, -0.25) is 0 Å². The third kappa shape index (κ3) is 4.06. The molecule has 0 radical (unpaired) electrons. The van der Waals surface area contributed by atoms with Gasteiger partial charge in [-0.2, -0.15) is 0 Å². The zero-order valence-electron chi connectivity index (χ0n) is 16.5. The molecule has 0 aromatic heterocycles. The lowest BCUT2D eigenvalue weighted by Gasteiger charge is -2.38. The van der Waals surface area contributed by atoms with Gasteiger partial charge in [0.05, 0.1) is 0 Å². The summed E-state index contributed by atoms with van der Waals surface area (Å²) in [6, 6.07) is 12.1. The first-order valence-corrected chi connectivity index (χ1v) is 9.93. The van der Waals surface area contributed by atoms with Gasteiger partial charge in [-0.15, -0.1) is 0 Å². The van der Waals surface area contributed by atoms with Gasteiger partial charge in [-0.05, 0) is 97.6 Å². The first-order chi connectivity index (χ1) is 12.3. The fourth-order valence-electron chi connectivity index (χ4n) is 4.63. The van der Waals surface area contributed by atoms with E-state index < -0.39 is 0 Å². The number of aryl methyl sites for hydroxylation is 2. The minimum Gasteiger partial charge on any atom is -0.508 e. The fourth-order valence-corrected chi connectivity index (χ4v) is 4.63. The summed E-state index contributed by atoms with van der Waals surface area (Å²) >= 11 is 0. The average molecular weight is 353 g/mol. The van der Waals surface area contributed by atoms with E-state index in [-0.39, 0.29) is 0 Å². The van der Waals surface area contributed by atoms with Crippen LogP contribution in [-0.4, -0.2) is 10.2 Å². The molecular formula is C24H32O2. The molecule has 4 atom stereocenters. The second-order valence-corrected chi connectivity index (χ2v) is 8.51. The van der Waals surface area contributed by atoms with Crippen molar-refractivity contribution >= 4 is 0 Å². The van der Waals surface area contributed by atoms with Crippen LogP contribution in [0, 0.1) is 31.6 Å². The molecule has 1 saturated carbocycles. The third-order valence-corrected chi connectivity index (χ3v) is 6.51. The summed E-state index contributed by atoms with van der Waals surface area (Å²) in [6.45, 7) is 8.70. The molecule has 0 saturated heterocycles. The summed E-state index contributed by atoms with van der Waals surface area (Å²) in [6.07, 6.45) is 4.87. The van der Waals surface area contributed by atoms with Crippen LogP contribution in [0.3, 0.4) is 0 Å². The Labute approximate surface area is 157 Å². The fraction of sp³-hybridized carbons (Fsp3) is 0.500. The molecule has 2 aromatic rings. The van der Waals surface area contributed by atoms with E-state index in [1.165, 1.54) is 30.4 Å². The number of rotatable bonds is 4. The number of hydrogen-bond acceptors (Lipinski definition) is 2. The minimum absolute atomic E-state index is 0.385. The standard InChI is InChI=1S/C24H32O2/c1-15-5-7-20(14-22(15)21-8-10-24(26)18(4)13-21)16(2)11-19-6-9-23(25)17(3)12-19/h6,8-10,12-13,15-16,20,22,25-26H,5,7,11,14H2,1-4H3. The van der Waals surface area contributed by atoms with Crippen LogP contribution in [-0.2, 0) is 6.42 Å². The summed E-state index contributed by atoms with van der Waals surface area (Å²) in [7, 11) is 0. The predicted octanol–water partition coefficient (Wildman–Crippen LogP) is 6.11. The Balaban J connectivity index is 1.72. The molecule has 2 heteroatoms. The second-order valence-electron chi connectivity index (χ2n) is 8.51. The quantitative estimate of drug-likeness (QED) is 0.696. The van der Waals surface area contributed by atoms with Gasteiger partial charge in [-0.25, -0.2) is 0 Å². The highest BCUT2D eigenvalue weighted by molar-refractivity contribution is 5.37. The zero-order valence-corrected chi connectivity index (χ0v) is 16.5. The molecule has 3 rings (SSSR count). The summed E-state index contributed by atoms with van der Waals surface area (Å²) in [4.78, 5) is 0. The van der Waals surface area contributed by atoms with Crippen LogP contribution in [0.4, 0.5) is 0 Å². The lowest BCUT2D eigenvalue weighted by atomic mass is 9.67. The smallest absolute Gasteiger partial charge is 0.118 e. The van der Waals surface area contributed by atoms with Crippen LogP contribution >= 0.6 is 0 Å². The van der Waals surface area contributed by atoms with Crippen LogP contribution in [0.25, 0.3) is 0 Å². The molecule has 2 aromatic carbocycles. The molecule has 1 fully saturated rings. The van der Waals surface area contributed by atoms with E-state index in [9.17, 15) is 10.2 Å². The zero-order chi connectivity index (χ0) is 18.8. The lowest BCUT2D eigenvalue weighted by molar-refractivity contribution is 0.194. The molecule has 0 amide bonds. The van der Waals surface area contributed by atoms with E-state index in [1.807, 2.05) is 26.0 Å². The molecule has 26 heavy (non-hydrogen) atoms. The number of phenols is 2. The van der Waals surface area contributed by atoms with E-state index in [4.69, 9.17) is 0 Å². The van der Waals surface area contributed by atoms with Crippen LogP contribution < -0.4 is 0 Å². The van der Waals surface area contributed by atoms with Crippen molar-refractivity contribution in [3.05, 3.63) is 58.7 Å². The van der Waals surface area contributed by atoms with Gasteiger partial charge in [0, 0.05) is 0 Å². The SMILES string of the molecule is Cc1cc(CC(C)C2CCC(C)C(c3ccc(O)c(C)c3)C2)ccc1O. The first kappa shape index (κ1) is 18.8. The summed E-state index contributed by atoms with van der Waals surface area (Å²) in [5, 5.41) is 19.6. The van der Waals surface area contributed by atoms with Crippen LogP contribution in [0.2, 0.25) is 0 Å². The summed E-state index contributed by atoms with van der Waals surface area (Å²) < 4.78 is 0. The maximum atomic E-state index is 9.84. The molecule has 0 bridgehead atoms. The summed E-state index contributed by atoms with van der Waals surface area (Å²) in [5.74, 6) is 3.41. The molecule has 0 heterocycles. The van der Waals surface area contributed by atoms with Crippen molar-refractivity contribution in [3.63, 3.8) is 0 Å². The van der Waals surface area contributed by atoms with Gasteiger partial charge in [-0.1, -0.05) is 38.1 Å². The molecule has 1 aliphatic carbocycles. The highest BCUT2D eigenvalue weighted by Gasteiger charge is 2.31. The summed E-state index contributed by atoms with van der Waals surface area (Å²) in [5.41, 5.74) is 4.64. The Morgan fingerprint density at radius 3 is 2.27 bits per heavy atom. The molecule has 2 N–H and O–H groups in total. The minimum atomic E-state index is 0.385. The molecular weight excluding hydrogens is 320 g/mol. The first-order valence-electron chi connectivity index (χ1n) is 9.93. The molecule has 1 aliphatic rings. The highest BCUT2D eigenvalue weighted by atomic mass is 16.3. The monoisotopic (exact) mass is 352 g/mol. The van der Waals surface area contributed by atoms with E-state index in [1.54, 1.807) is 0 Å². The van der Waals surface area contributed by atoms with Crippen molar-refractivity contribution in [1.29, 1.82) is 0 Å². The van der Waals surface area contributed by atoms with Gasteiger partial charge in [0.25, 0.3) is 0 Å². The number of aromatic hydroxyl groups is 2. The second kappa shape index (κ2) is 7.73. The van der Waals surface area contributed by atoms with Crippen molar-refractivity contribution in [2.45, 2.75) is 59.3 Å². The number of phenolic OH excluding ortho intramolecular Hbond substituents is 2. The lowest BCUT2D eigenvalue weighted by Crippen LogP contribution is -2.26. The largest absolute Gasteiger partial charge is 0.508 e. The normalized spacial score (nSPS) is 24.4. The molecule has 0 aliphatic heterocycles. The van der Waals surface area contributed by atoms with E-state index in [0.717, 1.165) is 23.5 Å². The van der Waals surface area contributed by atoms with Crippen LogP contribution in [0.5, 0.6) is 11.5 Å².